The summed E-state index contributed by atoms with van der Waals surface area (Å²) in [6, 6.07) is 3.21. The lowest BCUT2D eigenvalue weighted by Gasteiger charge is -2.11. The van der Waals surface area contributed by atoms with Gasteiger partial charge in [-0.1, -0.05) is 0 Å². The van der Waals surface area contributed by atoms with Gasteiger partial charge in [0.25, 0.3) is 0 Å². The molecule has 0 saturated carbocycles. The predicted octanol–water partition coefficient (Wildman–Crippen LogP) is 0.671. The molecule has 1 atom stereocenters. The third kappa shape index (κ3) is 3.06. The largest absolute Gasteiger partial charge is 0.490 e. The van der Waals surface area contributed by atoms with Gasteiger partial charge in [0.05, 0.1) is 23.5 Å². The molecule has 0 spiro atoms. The number of hydrogen-bond acceptors (Lipinski definition) is 6. The van der Waals surface area contributed by atoms with Crippen LogP contribution in [0.2, 0.25) is 0 Å². The van der Waals surface area contributed by atoms with Gasteiger partial charge in [-0.3, -0.25) is 10.1 Å². The van der Waals surface area contributed by atoms with E-state index in [1.54, 1.807) is 0 Å². The van der Waals surface area contributed by atoms with E-state index in [1.165, 1.54) is 19.2 Å². The summed E-state index contributed by atoms with van der Waals surface area (Å²) in [7, 11) is -2.53. The molecule has 0 aliphatic carbocycles. The fourth-order valence-corrected chi connectivity index (χ4v) is 3.17. The molecule has 1 aromatic carbocycles. The van der Waals surface area contributed by atoms with Gasteiger partial charge in [-0.05, 0) is 18.6 Å². The molecule has 9 heteroatoms. The molecule has 110 valence electrons. The Hall–Kier alpha value is -1.71. The summed E-state index contributed by atoms with van der Waals surface area (Å²) in [5, 5.41) is 10.9. The number of rotatable bonds is 5. The van der Waals surface area contributed by atoms with E-state index in [0.717, 1.165) is 6.07 Å². The van der Waals surface area contributed by atoms with Gasteiger partial charge in [-0.15, -0.1) is 0 Å². The van der Waals surface area contributed by atoms with Gasteiger partial charge in [0.15, 0.2) is 5.75 Å². The summed E-state index contributed by atoms with van der Waals surface area (Å²) in [5.74, 6) is 0.0122. The van der Waals surface area contributed by atoms with Crippen molar-refractivity contribution in [2.24, 2.45) is 0 Å². The highest BCUT2D eigenvalue weighted by molar-refractivity contribution is 7.89. The van der Waals surface area contributed by atoms with Crippen LogP contribution in [0.25, 0.3) is 0 Å². The van der Waals surface area contributed by atoms with Crippen LogP contribution in [0.1, 0.15) is 6.42 Å². The maximum Gasteiger partial charge on any atom is 0.312 e. The van der Waals surface area contributed by atoms with Crippen LogP contribution in [-0.2, 0) is 14.8 Å². The summed E-state index contributed by atoms with van der Waals surface area (Å²) < 4.78 is 36.6. The second-order valence-corrected chi connectivity index (χ2v) is 5.99. The Bertz CT molecular complexity index is 609. The Morgan fingerprint density at radius 1 is 1.50 bits per heavy atom. The number of sulfonamides is 1. The molecular weight excluding hydrogens is 288 g/mol. The molecule has 1 unspecified atom stereocenters. The molecule has 1 fully saturated rings. The Morgan fingerprint density at radius 2 is 2.25 bits per heavy atom. The average Bonchev–Trinajstić information content (AvgIpc) is 2.89. The minimum atomic E-state index is -3.81. The van der Waals surface area contributed by atoms with Crippen molar-refractivity contribution < 1.29 is 22.8 Å². The van der Waals surface area contributed by atoms with Gasteiger partial charge in [0, 0.05) is 18.7 Å². The van der Waals surface area contributed by atoms with Gasteiger partial charge in [-0.2, -0.15) is 0 Å². The summed E-state index contributed by atoms with van der Waals surface area (Å²) in [4.78, 5) is 10.0. The number of nitro benzene ring substituents is 1. The Kier molecular flexibility index (Phi) is 4.21. The maximum absolute atomic E-state index is 12.1. The lowest BCUT2D eigenvalue weighted by molar-refractivity contribution is -0.386. The zero-order valence-electron chi connectivity index (χ0n) is 10.7. The molecule has 20 heavy (non-hydrogen) atoms. The molecule has 1 aliphatic heterocycles. The molecule has 2 rings (SSSR count). The number of nitrogens with zero attached hydrogens (tertiary/aromatic N) is 1. The summed E-state index contributed by atoms with van der Waals surface area (Å²) in [6.07, 6.45) is 0.581. The van der Waals surface area contributed by atoms with E-state index < -0.39 is 20.6 Å². The van der Waals surface area contributed by atoms with E-state index in [2.05, 4.69) is 4.72 Å². The van der Waals surface area contributed by atoms with E-state index in [1.807, 2.05) is 0 Å². The Labute approximate surface area is 115 Å². The lowest BCUT2D eigenvalue weighted by atomic mass is 10.3. The first-order valence-corrected chi connectivity index (χ1v) is 7.35. The molecule has 1 saturated heterocycles. The number of nitrogens with one attached hydrogen (secondary N) is 1. The SMILES string of the molecule is COc1ccc(S(=O)(=O)NC2CCOC2)cc1[N+](=O)[O-]. The highest BCUT2D eigenvalue weighted by atomic mass is 32.2. The molecular formula is C11H14N2O6S. The van der Waals surface area contributed by atoms with Gasteiger partial charge < -0.3 is 9.47 Å². The normalized spacial score (nSPS) is 18.9. The van der Waals surface area contributed by atoms with Crippen molar-refractivity contribution in [2.75, 3.05) is 20.3 Å². The van der Waals surface area contributed by atoms with Gasteiger partial charge in [0.2, 0.25) is 10.0 Å². The van der Waals surface area contributed by atoms with Crippen LogP contribution in [0.4, 0.5) is 5.69 Å². The first-order valence-electron chi connectivity index (χ1n) is 5.86. The zero-order valence-corrected chi connectivity index (χ0v) is 11.6. The summed E-state index contributed by atoms with van der Waals surface area (Å²) in [6.45, 7) is 0.799. The number of nitro groups is 1. The first kappa shape index (κ1) is 14.7. The summed E-state index contributed by atoms with van der Waals surface area (Å²) >= 11 is 0. The number of ether oxygens (including phenoxy) is 2. The first-order chi connectivity index (χ1) is 9.44. The van der Waals surface area contributed by atoms with Crippen molar-refractivity contribution in [3.8, 4) is 5.75 Å². The topological polar surface area (TPSA) is 108 Å². The minimum absolute atomic E-state index is 0.0122. The fraction of sp³-hybridized carbons (Fsp3) is 0.455. The standard InChI is InChI=1S/C11H14N2O6S/c1-18-11-3-2-9(6-10(11)13(14)15)20(16,17)12-8-4-5-19-7-8/h2-3,6,8,12H,4-5,7H2,1H3. The molecule has 0 amide bonds. The number of benzene rings is 1. The second-order valence-electron chi connectivity index (χ2n) is 4.27. The van der Waals surface area contributed by atoms with Crippen molar-refractivity contribution in [3.63, 3.8) is 0 Å². The van der Waals surface area contributed by atoms with Gasteiger partial charge in [-0.25, -0.2) is 13.1 Å². The van der Waals surface area contributed by atoms with Gasteiger partial charge in [0.1, 0.15) is 0 Å². The molecule has 0 bridgehead atoms. The van der Waals surface area contributed by atoms with Crippen LogP contribution in [0.5, 0.6) is 5.75 Å². The molecule has 1 aromatic rings. The van der Waals surface area contributed by atoms with Crippen molar-refractivity contribution in [1.82, 2.24) is 4.72 Å². The van der Waals surface area contributed by atoms with Crippen LogP contribution in [0, 0.1) is 10.1 Å². The zero-order chi connectivity index (χ0) is 14.8. The Balaban J connectivity index is 2.31. The van der Waals surface area contributed by atoms with Crippen LogP contribution in [0.15, 0.2) is 23.1 Å². The smallest absolute Gasteiger partial charge is 0.312 e. The maximum atomic E-state index is 12.1. The minimum Gasteiger partial charge on any atom is -0.490 e. The second kappa shape index (κ2) is 5.73. The summed E-state index contributed by atoms with van der Waals surface area (Å²) in [5.41, 5.74) is -0.391. The van der Waals surface area contributed by atoms with Crippen LogP contribution in [0.3, 0.4) is 0 Å². The third-order valence-corrected chi connectivity index (χ3v) is 4.43. The predicted molar refractivity (Wildman–Crippen MR) is 69.2 cm³/mol. The molecule has 1 heterocycles. The highest BCUT2D eigenvalue weighted by Crippen LogP contribution is 2.29. The molecule has 0 aromatic heterocycles. The quantitative estimate of drug-likeness (QED) is 0.632. The molecule has 0 radical (unpaired) electrons. The monoisotopic (exact) mass is 302 g/mol. The average molecular weight is 302 g/mol. The molecule has 1 aliphatic rings. The Morgan fingerprint density at radius 3 is 2.80 bits per heavy atom. The molecule has 1 N–H and O–H groups in total. The van der Waals surface area contributed by atoms with Crippen LogP contribution in [-0.4, -0.2) is 39.7 Å². The van der Waals surface area contributed by atoms with Crippen molar-refractivity contribution in [3.05, 3.63) is 28.3 Å². The fourth-order valence-electron chi connectivity index (χ4n) is 1.89. The van der Waals surface area contributed by atoms with Crippen molar-refractivity contribution in [2.45, 2.75) is 17.4 Å². The van der Waals surface area contributed by atoms with E-state index in [4.69, 9.17) is 9.47 Å². The van der Waals surface area contributed by atoms with Crippen LogP contribution >= 0.6 is 0 Å². The van der Waals surface area contributed by atoms with E-state index in [9.17, 15) is 18.5 Å². The van der Waals surface area contributed by atoms with Gasteiger partial charge >= 0.3 is 5.69 Å². The third-order valence-electron chi connectivity index (χ3n) is 2.91. The van der Waals surface area contributed by atoms with E-state index in [0.29, 0.717) is 19.6 Å². The van der Waals surface area contributed by atoms with E-state index >= 15 is 0 Å². The number of methoxy groups -OCH3 is 1. The van der Waals surface area contributed by atoms with E-state index in [-0.39, 0.29) is 16.7 Å². The lowest BCUT2D eigenvalue weighted by Crippen LogP contribution is -2.35. The van der Waals surface area contributed by atoms with Crippen molar-refractivity contribution >= 4 is 15.7 Å². The number of hydrogen-bond donors (Lipinski definition) is 1. The molecule has 8 nitrogen and oxygen atoms in total. The van der Waals surface area contributed by atoms with Crippen LogP contribution < -0.4 is 9.46 Å². The highest BCUT2D eigenvalue weighted by Gasteiger charge is 2.26. The van der Waals surface area contributed by atoms with Crippen molar-refractivity contribution in [1.29, 1.82) is 0 Å².